The van der Waals surface area contributed by atoms with Gasteiger partial charge in [0.2, 0.25) is 0 Å². The fraction of sp³-hybridized carbons (Fsp3) is 0.481. The number of halogens is 2. The molecule has 8 bridgehead atoms. The predicted molar refractivity (Wildman–Crippen MR) is 240 cm³/mol. The summed E-state index contributed by atoms with van der Waals surface area (Å²) in [6, 6.07) is 9.12. The van der Waals surface area contributed by atoms with E-state index in [0.717, 1.165) is 78.4 Å². The van der Waals surface area contributed by atoms with Gasteiger partial charge in [-0.25, -0.2) is 8.78 Å². The molecular formula is C54H52F2N4. The Morgan fingerprint density at radius 1 is 0.450 bits per heavy atom. The van der Waals surface area contributed by atoms with E-state index >= 15 is 8.78 Å². The number of aromatic nitrogens is 4. The van der Waals surface area contributed by atoms with Crippen LogP contribution in [-0.2, 0) is 10.8 Å². The van der Waals surface area contributed by atoms with Crippen LogP contribution in [0.25, 0.3) is 76.2 Å². The Morgan fingerprint density at radius 2 is 0.783 bits per heavy atom. The molecule has 17 rings (SSSR count). The van der Waals surface area contributed by atoms with Crippen molar-refractivity contribution in [2.24, 2.45) is 23.7 Å². The second-order valence-corrected chi connectivity index (χ2v) is 23.3. The van der Waals surface area contributed by atoms with Crippen LogP contribution in [0.2, 0.25) is 0 Å². The first-order chi connectivity index (χ1) is 28.8. The molecule has 9 aromatic rings. The fourth-order valence-corrected chi connectivity index (χ4v) is 15.7. The molecule has 60 heavy (non-hydrogen) atoms. The van der Waals surface area contributed by atoms with Gasteiger partial charge in [0, 0.05) is 66.3 Å². The molecule has 4 atom stereocenters. The molecule has 0 amide bonds. The van der Waals surface area contributed by atoms with E-state index < -0.39 is 0 Å². The van der Waals surface area contributed by atoms with Crippen molar-refractivity contribution >= 4 is 76.2 Å². The predicted octanol–water partition coefficient (Wildman–Crippen LogP) is 14.4. The number of benzene rings is 3. The third-order valence-electron chi connectivity index (χ3n) is 17.9. The number of nitrogens with zero attached hydrogens (tertiary/aromatic N) is 4. The standard InChI is InChI=1S/C54H52F2N4/c1-53(2,3)31-17-33-41-37(21-57-47-29-13-23-7-24(14-29)10-27(9-23)39(41)47)59-49(33)35(19-31)43-45(55)52-44(46(56)51(43)59)36-20-32(54(4,5)6)18-34-42-38(60(52)50(34)36)22-58-48-30-15-25-8-26(16-30)12-28(11-25)40(42)48/h17-30H,7-16H2,1-6H3. The Bertz CT molecular complexity index is 3190. The molecule has 8 aliphatic rings. The van der Waals surface area contributed by atoms with Crippen LogP contribution in [0.15, 0.2) is 36.7 Å². The summed E-state index contributed by atoms with van der Waals surface area (Å²) in [6.07, 6.45) is 16.6. The molecule has 6 heteroatoms. The summed E-state index contributed by atoms with van der Waals surface area (Å²) < 4.78 is 41.6. The lowest BCUT2D eigenvalue weighted by molar-refractivity contribution is 0.165. The Labute approximate surface area is 348 Å². The van der Waals surface area contributed by atoms with Crippen molar-refractivity contribution in [2.75, 3.05) is 0 Å². The minimum absolute atomic E-state index is 0.195. The first kappa shape index (κ1) is 34.1. The van der Waals surface area contributed by atoms with Crippen LogP contribution >= 0.6 is 0 Å². The first-order valence-corrected chi connectivity index (χ1v) is 23.4. The summed E-state index contributed by atoms with van der Waals surface area (Å²) in [7, 11) is 0. The van der Waals surface area contributed by atoms with Gasteiger partial charge in [0.25, 0.3) is 0 Å². The van der Waals surface area contributed by atoms with E-state index in [2.05, 4.69) is 74.6 Å². The normalized spacial score (nSPS) is 28.7. The van der Waals surface area contributed by atoms with E-state index in [1.165, 1.54) is 97.5 Å². The third-order valence-corrected chi connectivity index (χ3v) is 17.9. The van der Waals surface area contributed by atoms with E-state index in [-0.39, 0.29) is 22.5 Å². The fourth-order valence-electron chi connectivity index (χ4n) is 15.7. The third kappa shape index (κ3) is 3.92. The van der Waals surface area contributed by atoms with Gasteiger partial charge in [-0.05, 0) is 157 Å². The van der Waals surface area contributed by atoms with E-state index in [1.807, 2.05) is 12.4 Å². The van der Waals surface area contributed by atoms with Crippen molar-refractivity contribution in [3.05, 3.63) is 81.9 Å². The lowest BCUT2D eigenvalue weighted by Gasteiger charge is -2.38. The zero-order valence-corrected chi connectivity index (χ0v) is 35.7. The average Bonchev–Trinajstić information content (AvgIpc) is 3.87. The van der Waals surface area contributed by atoms with Crippen LogP contribution in [0.1, 0.15) is 163 Å². The number of rotatable bonds is 0. The van der Waals surface area contributed by atoms with Crippen LogP contribution in [0.5, 0.6) is 0 Å². The van der Waals surface area contributed by atoms with Gasteiger partial charge < -0.3 is 8.80 Å². The molecular weight excluding hydrogens is 743 g/mol. The van der Waals surface area contributed by atoms with Crippen LogP contribution in [-0.4, -0.2) is 18.8 Å². The summed E-state index contributed by atoms with van der Waals surface area (Å²) in [5, 5.41) is 7.19. The number of pyridine rings is 2. The topological polar surface area (TPSA) is 34.6 Å². The van der Waals surface area contributed by atoms with Gasteiger partial charge in [-0.2, -0.15) is 0 Å². The monoisotopic (exact) mass is 794 g/mol. The summed E-state index contributed by atoms with van der Waals surface area (Å²) in [5.41, 5.74) is 11.8. The smallest absolute Gasteiger partial charge is 0.158 e. The van der Waals surface area contributed by atoms with Gasteiger partial charge in [-0.3, -0.25) is 9.97 Å². The molecule has 0 radical (unpaired) electrons. The van der Waals surface area contributed by atoms with Gasteiger partial charge in [0.1, 0.15) is 0 Å². The number of hydrogen-bond acceptors (Lipinski definition) is 2. The Hall–Kier alpha value is -4.58. The molecule has 8 aliphatic carbocycles. The van der Waals surface area contributed by atoms with Crippen molar-refractivity contribution < 1.29 is 8.78 Å². The Balaban J connectivity index is 1.14. The molecule has 4 nitrogen and oxygen atoms in total. The molecule has 0 aliphatic heterocycles. The lowest BCUT2D eigenvalue weighted by Crippen LogP contribution is -2.25. The molecule has 6 heterocycles. The van der Waals surface area contributed by atoms with Gasteiger partial charge in [-0.1, -0.05) is 41.5 Å². The molecule has 0 saturated heterocycles. The van der Waals surface area contributed by atoms with E-state index in [0.29, 0.717) is 45.5 Å². The van der Waals surface area contributed by atoms with Crippen molar-refractivity contribution in [2.45, 2.75) is 140 Å². The molecule has 4 unspecified atom stereocenters. The maximum Gasteiger partial charge on any atom is 0.158 e. The van der Waals surface area contributed by atoms with Crippen LogP contribution in [0.4, 0.5) is 8.78 Å². The van der Waals surface area contributed by atoms with Crippen LogP contribution in [0, 0.1) is 35.3 Å². The second-order valence-electron chi connectivity index (χ2n) is 23.3. The van der Waals surface area contributed by atoms with Crippen molar-refractivity contribution in [1.82, 2.24) is 18.8 Å². The number of hydrogen-bond donors (Lipinski definition) is 0. The van der Waals surface area contributed by atoms with E-state index in [9.17, 15) is 0 Å². The van der Waals surface area contributed by atoms with Crippen LogP contribution < -0.4 is 0 Å². The van der Waals surface area contributed by atoms with Crippen molar-refractivity contribution in [3.63, 3.8) is 0 Å². The second kappa shape index (κ2) is 10.5. The first-order valence-electron chi connectivity index (χ1n) is 23.4. The minimum Gasteiger partial charge on any atom is -0.304 e. The maximum atomic E-state index is 18.7. The minimum atomic E-state index is -0.327. The average molecular weight is 795 g/mol. The Morgan fingerprint density at radius 3 is 1.13 bits per heavy atom. The van der Waals surface area contributed by atoms with Crippen molar-refractivity contribution in [1.29, 1.82) is 0 Å². The summed E-state index contributed by atoms with van der Waals surface area (Å²) in [4.78, 5) is 10.7. The Kier molecular flexibility index (Phi) is 5.98. The highest BCUT2D eigenvalue weighted by Crippen LogP contribution is 2.60. The van der Waals surface area contributed by atoms with Gasteiger partial charge in [-0.15, -0.1) is 0 Å². The van der Waals surface area contributed by atoms with E-state index in [4.69, 9.17) is 9.97 Å². The van der Waals surface area contributed by atoms with E-state index in [1.54, 1.807) is 0 Å². The van der Waals surface area contributed by atoms with Crippen molar-refractivity contribution in [3.8, 4) is 0 Å². The maximum absolute atomic E-state index is 18.7. The lowest BCUT2D eigenvalue weighted by atomic mass is 9.67. The molecule has 3 aromatic carbocycles. The molecule has 302 valence electrons. The zero-order chi connectivity index (χ0) is 40.2. The SMILES string of the molecule is CC(C)(C)c1cc2c3c4c(ncc3n3c5c(F)c6c7cc(C(C)(C)C)cc8c9c%10c(ncc9n(c6c(F)c5c(c1)c23)c87)C1CC2CC(C1)CC%10C2)C1CC2CC(C1)CC4C2. The highest BCUT2D eigenvalue weighted by molar-refractivity contribution is 6.30. The largest absolute Gasteiger partial charge is 0.304 e. The summed E-state index contributed by atoms with van der Waals surface area (Å²) in [5.74, 6) is 4.32. The molecule has 6 aromatic heterocycles. The van der Waals surface area contributed by atoms with Crippen LogP contribution in [0.3, 0.4) is 0 Å². The highest BCUT2D eigenvalue weighted by Gasteiger charge is 2.46. The zero-order valence-electron chi connectivity index (χ0n) is 35.7. The van der Waals surface area contributed by atoms with Gasteiger partial charge in [0.05, 0.1) is 45.5 Å². The number of fused-ring (bicyclic) bond motifs is 12. The van der Waals surface area contributed by atoms with Gasteiger partial charge in [0.15, 0.2) is 11.6 Å². The summed E-state index contributed by atoms with van der Waals surface area (Å²) >= 11 is 0. The molecule has 0 N–H and O–H groups in total. The molecule has 4 fully saturated rings. The quantitative estimate of drug-likeness (QED) is 0.153. The summed E-state index contributed by atoms with van der Waals surface area (Å²) in [6.45, 7) is 13.5. The highest BCUT2D eigenvalue weighted by atomic mass is 19.1. The molecule has 4 saturated carbocycles. The van der Waals surface area contributed by atoms with Gasteiger partial charge >= 0.3 is 0 Å². The molecule has 0 spiro atoms.